The molecule has 0 spiro atoms. The van der Waals surface area contributed by atoms with E-state index in [0.29, 0.717) is 16.8 Å². The second-order valence-electron chi connectivity index (χ2n) is 11.8. The minimum Gasteiger partial charge on any atom is -0.389 e. The number of urea groups is 1. The first kappa shape index (κ1) is 37.4. The van der Waals surface area contributed by atoms with Gasteiger partial charge in [-0.05, 0) is 95.5 Å². The zero-order valence-electron chi connectivity index (χ0n) is 27.3. The van der Waals surface area contributed by atoms with Crippen LogP contribution >= 0.6 is 0 Å². The molecule has 12 heteroatoms. The molecular formula is C35H43N3O7S2. The van der Waals surface area contributed by atoms with Gasteiger partial charge >= 0.3 is 6.03 Å². The van der Waals surface area contributed by atoms with E-state index in [2.05, 4.69) is 10.0 Å². The fraction of sp³-hybridized carbons (Fsp3) is 0.286. The highest BCUT2D eigenvalue weighted by atomic mass is 32.2. The molecule has 2 atom stereocenters. The van der Waals surface area contributed by atoms with Crippen molar-refractivity contribution >= 4 is 31.8 Å². The summed E-state index contributed by atoms with van der Waals surface area (Å²) in [7, 11) is -7.80. The van der Waals surface area contributed by atoms with Crippen molar-refractivity contribution in [1.82, 2.24) is 4.72 Å². The zero-order chi connectivity index (χ0) is 35.1. The molecule has 0 radical (unpaired) electrons. The fourth-order valence-electron chi connectivity index (χ4n) is 4.75. The van der Waals surface area contributed by atoms with Gasteiger partial charge in [-0.2, -0.15) is 0 Å². The lowest BCUT2D eigenvalue weighted by Gasteiger charge is -2.22. The molecule has 0 fully saturated rings. The van der Waals surface area contributed by atoms with Crippen molar-refractivity contribution in [2.75, 3.05) is 5.32 Å². The Kier molecular flexibility index (Phi) is 12.5. The molecule has 0 aromatic heterocycles. The third-order valence-corrected chi connectivity index (χ3v) is 9.58. The van der Waals surface area contributed by atoms with Gasteiger partial charge in [0.25, 0.3) is 10.0 Å². The van der Waals surface area contributed by atoms with Crippen LogP contribution in [0.15, 0.2) is 101 Å². The van der Waals surface area contributed by atoms with E-state index in [1.165, 1.54) is 30.3 Å². The van der Waals surface area contributed by atoms with E-state index in [1.807, 2.05) is 70.2 Å². The van der Waals surface area contributed by atoms with Crippen molar-refractivity contribution in [1.29, 1.82) is 0 Å². The highest BCUT2D eigenvalue weighted by Crippen LogP contribution is 2.37. The van der Waals surface area contributed by atoms with E-state index in [1.54, 1.807) is 32.0 Å². The summed E-state index contributed by atoms with van der Waals surface area (Å²) in [5.74, 6) is 0.187. The molecule has 2 amide bonds. The number of carbonyl (C=O) groups excluding carboxylic acids is 1. The Morgan fingerprint density at radius 1 is 0.638 bits per heavy atom. The molecule has 252 valence electrons. The molecule has 0 saturated heterocycles. The van der Waals surface area contributed by atoms with Gasteiger partial charge in [0.1, 0.15) is 0 Å². The molecule has 0 saturated carbocycles. The summed E-state index contributed by atoms with van der Waals surface area (Å²) in [5, 5.41) is 26.7. The van der Waals surface area contributed by atoms with Gasteiger partial charge in [-0.3, -0.25) is 0 Å². The SMILES string of the molecule is CC(C)c1cc(-c2ccccc2)cc(C(C)C)c1NC(=O)NS(=O)(=O)c1cccc(C(C)O)c1.CC(O)c1cccc(S(N)(=O)=O)c1. The number of anilines is 1. The second kappa shape index (κ2) is 15.7. The largest absolute Gasteiger partial charge is 0.389 e. The van der Waals surface area contributed by atoms with Crippen molar-refractivity contribution < 1.29 is 31.8 Å². The molecule has 4 aromatic rings. The average Bonchev–Trinajstić information content (AvgIpc) is 3.01. The summed E-state index contributed by atoms with van der Waals surface area (Å²) < 4.78 is 49.6. The maximum atomic E-state index is 12.9. The summed E-state index contributed by atoms with van der Waals surface area (Å²) in [6.45, 7) is 11.3. The molecule has 0 aliphatic rings. The van der Waals surface area contributed by atoms with Gasteiger partial charge in [0.15, 0.2) is 0 Å². The smallest absolute Gasteiger partial charge is 0.333 e. The summed E-state index contributed by atoms with van der Waals surface area (Å²) in [6.07, 6.45) is -1.52. The van der Waals surface area contributed by atoms with Crippen LogP contribution < -0.4 is 15.2 Å². The predicted octanol–water partition coefficient (Wildman–Crippen LogP) is 6.55. The van der Waals surface area contributed by atoms with Gasteiger partial charge < -0.3 is 15.5 Å². The van der Waals surface area contributed by atoms with E-state index >= 15 is 0 Å². The average molecular weight is 682 g/mol. The van der Waals surface area contributed by atoms with Gasteiger partial charge in [0.2, 0.25) is 10.0 Å². The molecule has 4 aromatic carbocycles. The maximum Gasteiger partial charge on any atom is 0.333 e. The molecular weight excluding hydrogens is 639 g/mol. The normalized spacial score (nSPS) is 13.0. The lowest BCUT2D eigenvalue weighted by Crippen LogP contribution is -2.35. The standard InChI is InChI=1S/C27H32N2O4S.C8H11NO3S/c1-17(2)24-15-22(20-10-7-6-8-11-20)16-25(18(3)4)26(24)28-27(31)29-34(32,33)23-13-9-12-21(14-23)19(5)30;1-6(10)7-3-2-4-8(5-7)13(9,11)12/h6-19,30H,1-5H3,(H2,28,29,31);2-6,10H,1H3,(H2,9,11,12). The summed E-state index contributed by atoms with van der Waals surface area (Å²) >= 11 is 0. The second-order valence-corrected chi connectivity index (χ2v) is 15.1. The van der Waals surface area contributed by atoms with Crippen molar-refractivity contribution in [3.8, 4) is 11.1 Å². The highest BCUT2D eigenvalue weighted by molar-refractivity contribution is 7.90. The quantitative estimate of drug-likeness (QED) is 0.133. The summed E-state index contributed by atoms with van der Waals surface area (Å²) in [6, 6.07) is 25.1. The number of aliphatic hydroxyl groups excluding tert-OH is 2. The molecule has 0 aliphatic carbocycles. The minimum absolute atomic E-state index is 0.0194. The van der Waals surface area contributed by atoms with E-state index < -0.39 is 38.3 Å². The summed E-state index contributed by atoms with van der Waals surface area (Å²) in [5.41, 5.74) is 5.57. The number of hydrogen-bond donors (Lipinski definition) is 5. The number of hydrogen-bond acceptors (Lipinski definition) is 7. The van der Waals surface area contributed by atoms with Crippen molar-refractivity contribution in [3.63, 3.8) is 0 Å². The van der Waals surface area contributed by atoms with Crippen LogP contribution in [0.1, 0.15) is 87.8 Å². The van der Waals surface area contributed by atoms with Gasteiger partial charge in [-0.15, -0.1) is 0 Å². The summed E-state index contributed by atoms with van der Waals surface area (Å²) in [4.78, 5) is 12.8. The first-order valence-corrected chi connectivity index (χ1v) is 18.1. The van der Waals surface area contributed by atoms with Gasteiger partial charge in [0, 0.05) is 5.69 Å². The van der Waals surface area contributed by atoms with Gasteiger partial charge in [0.05, 0.1) is 22.0 Å². The van der Waals surface area contributed by atoms with Crippen molar-refractivity contribution in [2.45, 2.75) is 75.4 Å². The van der Waals surface area contributed by atoms with Crippen LogP contribution in [-0.2, 0) is 20.0 Å². The van der Waals surface area contributed by atoms with Crippen LogP contribution in [0, 0.1) is 0 Å². The zero-order valence-corrected chi connectivity index (χ0v) is 28.9. The Hall–Kier alpha value is -4.07. The van der Waals surface area contributed by atoms with E-state index in [9.17, 15) is 31.8 Å². The van der Waals surface area contributed by atoms with Crippen LogP contribution in [0.25, 0.3) is 11.1 Å². The van der Waals surface area contributed by atoms with Crippen LogP contribution in [0.4, 0.5) is 10.5 Å². The number of nitrogens with one attached hydrogen (secondary N) is 2. The Morgan fingerprint density at radius 2 is 1.11 bits per heavy atom. The first-order valence-electron chi connectivity index (χ1n) is 15.1. The molecule has 0 heterocycles. The number of nitrogens with two attached hydrogens (primary N) is 1. The highest BCUT2D eigenvalue weighted by Gasteiger charge is 2.23. The number of amides is 2. The monoisotopic (exact) mass is 681 g/mol. The number of carbonyl (C=O) groups is 1. The molecule has 2 unspecified atom stereocenters. The maximum absolute atomic E-state index is 12.9. The lowest BCUT2D eigenvalue weighted by atomic mass is 9.88. The van der Waals surface area contributed by atoms with Gasteiger partial charge in [-0.25, -0.2) is 31.5 Å². The Labute approximate surface area is 277 Å². The van der Waals surface area contributed by atoms with Crippen LogP contribution in [0.3, 0.4) is 0 Å². The Bertz CT molecular complexity index is 1880. The number of benzene rings is 4. The topological polar surface area (TPSA) is 176 Å². The number of rotatable bonds is 9. The third-order valence-electron chi connectivity index (χ3n) is 7.34. The minimum atomic E-state index is -4.13. The molecule has 10 nitrogen and oxygen atoms in total. The first-order chi connectivity index (χ1) is 21.9. The van der Waals surface area contributed by atoms with E-state index in [4.69, 9.17) is 5.14 Å². The molecule has 47 heavy (non-hydrogen) atoms. The van der Waals surface area contributed by atoms with Crippen molar-refractivity contribution in [3.05, 3.63) is 113 Å². The fourth-order valence-corrected chi connectivity index (χ4v) is 6.28. The number of sulfonamides is 2. The van der Waals surface area contributed by atoms with E-state index in [0.717, 1.165) is 22.3 Å². The number of aliphatic hydroxyl groups is 2. The number of primary sulfonamides is 1. The lowest BCUT2D eigenvalue weighted by molar-refractivity contribution is 0.198. The van der Waals surface area contributed by atoms with Crippen LogP contribution in [-0.4, -0.2) is 33.1 Å². The molecule has 0 aliphatic heterocycles. The van der Waals surface area contributed by atoms with Crippen LogP contribution in [0.5, 0.6) is 0 Å². The van der Waals surface area contributed by atoms with Crippen molar-refractivity contribution in [2.24, 2.45) is 5.14 Å². The predicted molar refractivity (Wildman–Crippen MR) is 185 cm³/mol. The molecule has 0 bridgehead atoms. The molecule has 4 rings (SSSR count). The third kappa shape index (κ3) is 10.2. The Balaban J connectivity index is 0.000000386. The van der Waals surface area contributed by atoms with E-state index in [-0.39, 0.29) is 21.6 Å². The Morgan fingerprint density at radius 3 is 1.55 bits per heavy atom. The van der Waals surface area contributed by atoms with Crippen LogP contribution in [0.2, 0.25) is 0 Å². The molecule has 6 N–H and O–H groups in total. The van der Waals surface area contributed by atoms with Gasteiger partial charge in [-0.1, -0.05) is 82.3 Å².